The molecule has 1 rings (SSSR count). The fraction of sp³-hybridized carbons (Fsp3) is 0.500. The largest absolute Gasteiger partial charge is 0.405 e. The molecule has 1 atom stereocenters. The van der Waals surface area contributed by atoms with E-state index in [2.05, 4.69) is 20.3 Å². The van der Waals surface area contributed by atoms with E-state index in [4.69, 9.17) is 11.6 Å². The highest BCUT2D eigenvalue weighted by Gasteiger charge is 2.28. The second-order valence-electron chi connectivity index (χ2n) is 3.28. The summed E-state index contributed by atoms with van der Waals surface area (Å²) >= 11 is 5.48. The lowest BCUT2D eigenvalue weighted by molar-refractivity contribution is -0.138. The van der Waals surface area contributed by atoms with Gasteiger partial charge in [-0.1, -0.05) is 0 Å². The van der Waals surface area contributed by atoms with Crippen LogP contribution in [0.5, 0.6) is 0 Å². The van der Waals surface area contributed by atoms with Gasteiger partial charge in [-0.05, 0) is 18.5 Å². The number of rotatable bonds is 4. The van der Waals surface area contributed by atoms with Crippen LogP contribution in [-0.2, 0) is 4.79 Å². The standard InChI is InChI=1S/C8H9ClF3N5O/c1-4(5(18)13-2-8(10,11)12)16-7-15-3-14-6(9)17-7/h3-4H,2H2,1H3,(H,13,18)(H,14,15,16,17)/t4-/m1/s1. The van der Waals surface area contributed by atoms with Crippen LogP contribution in [-0.4, -0.2) is 39.6 Å². The molecule has 0 bridgehead atoms. The van der Waals surface area contributed by atoms with Crippen molar-refractivity contribution >= 4 is 23.5 Å². The highest BCUT2D eigenvalue weighted by Crippen LogP contribution is 2.12. The van der Waals surface area contributed by atoms with Gasteiger partial charge in [-0.2, -0.15) is 18.2 Å². The highest BCUT2D eigenvalue weighted by atomic mass is 35.5. The molecule has 0 aliphatic rings. The Balaban J connectivity index is 2.50. The molecule has 0 radical (unpaired) electrons. The van der Waals surface area contributed by atoms with E-state index in [1.165, 1.54) is 6.92 Å². The number of amides is 1. The van der Waals surface area contributed by atoms with E-state index in [-0.39, 0.29) is 11.2 Å². The first-order valence-electron chi connectivity index (χ1n) is 4.73. The van der Waals surface area contributed by atoms with E-state index in [9.17, 15) is 18.0 Å². The minimum Gasteiger partial charge on any atom is -0.345 e. The number of carbonyl (C=O) groups is 1. The van der Waals surface area contributed by atoms with Crippen LogP contribution >= 0.6 is 11.6 Å². The maximum Gasteiger partial charge on any atom is 0.405 e. The summed E-state index contributed by atoms with van der Waals surface area (Å²) in [5.41, 5.74) is 0. The van der Waals surface area contributed by atoms with E-state index in [1.807, 2.05) is 0 Å². The Hall–Kier alpha value is -1.64. The third-order valence-corrected chi connectivity index (χ3v) is 1.93. The highest BCUT2D eigenvalue weighted by molar-refractivity contribution is 6.28. The van der Waals surface area contributed by atoms with Crippen molar-refractivity contribution in [2.45, 2.75) is 19.1 Å². The Labute approximate surface area is 105 Å². The molecule has 100 valence electrons. The predicted octanol–water partition coefficient (Wildman–Crippen LogP) is 1.00. The molecular formula is C8H9ClF3N5O. The number of halogens is 4. The molecule has 1 amide bonds. The molecule has 18 heavy (non-hydrogen) atoms. The zero-order valence-electron chi connectivity index (χ0n) is 9.12. The molecule has 1 aromatic heterocycles. The summed E-state index contributed by atoms with van der Waals surface area (Å²) in [5, 5.41) is 4.13. The first-order chi connectivity index (χ1) is 8.28. The third kappa shape index (κ3) is 5.13. The van der Waals surface area contributed by atoms with E-state index in [0.717, 1.165) is 6.33 Å². The van der Waals surface area contributed by atoms with Gasteiger partial charge in [-0.15, -0.1) is 0 Å². The Morgan fingerprint density at radius 1 is 1.50 bits per heavy atom. The van der Waals surface area contributed by atoms with E-state index in [0.29, 0.717) is 0 Å². The number of hydrogen-bond acceptors (Lipinski definition) is 5. The van der Waals surface area contributed by atoms with Gasteiger partial charge in [0.2, 0.25) is 17.1 Å². The second-order valence-corrected chi connectivity index (χ2v) is 3.62. The summed E-state index contributed by atoms with van der Waals surface area (Å²) in [7, 11) is 0. The molecule has 10 heteroatoms. The van der Waals surface area contributed by atoms with Crippen LogP contribution in [0.1, 0.15) is 6.92 Å². The van der Waals surface area contributed by atoms with Crippen molar-refractivity contribution in [3.05, 3.63) is 11.6 Å². The first-order valence-corrected chi connectivity index (χ1v) is 5.11. The lowest BCUT2D eigenvalue weighted by Crippen LogP contribution is -2.42. The molecular weight excluding hydrogens is 275 g/mol. The van der Waals surface area contributed by atoms with Crippen molar-refractivity contribution in [3.63, 3.8) is 0 Å². The lowest BCUT2D eigenvalue weighted by Gasteiger charge is -2.14. The minimum atomic E-state index is -4.45. The molecule has 1 heterocycles. The van der Waals surface area contributed by atoms with Crippen LogP contribution in [0.3, 0.4) is 0 Å². The SMILES string of the molecule is C[C@@H](Nc1ncnc(Cl)n1)C(=O)NCC(F)(F)F. The fourth-order valence-corrected chi connectivity index (χ4v) is 1.07. The summed E-state index contributed by atoms with van der Waals surface area (Å²) in [6.45, 7) is -0.0286. The quantitative estimate of drug-likeness (QED) is 0.862. The predicted molar refractivity (Wildman–Crippen MR) is 57.0 cm³/mol. The minimum absolute atomic E-state index is 0.00431. The Morgan fingerprint density at radius 2 is 2.17 bits per heavy atom. The van der Waals surface area contributed by atoms with Gasteiger partial charge < -0.3 is 10.6 Å². The average Bonchev–Trinajstić information content (AvgIpc) is 2.24. The molecule has 1 aromatic rings. The maximum atomic E-state index is 11.9. The lowest BCUT2D eigenvalue weighted by atomic mass is 10.3. The number of alkyl halides is 3. The molecule has 0 aromatic carbocycles. The van der Waals surface area contributed by atoms with Crippen LogP contribution in [0.25, 0.3) is 0 Å². The number of aromatic nitrogens is 3. The zero-order valence-corrected chi connectivity index (χ0v) is 9.88. The Kier molecular flexibility index (Phi) is 4.65. The molecule has 0 aliphatic carbocycles. The van der Waals surface area contributed by atoms with Crippen LogP contribution in [0.15, 0.2) is 6.33 Å². The second kappa shape index (κ2) is 5.80. The number of hydrogen-bond donors (Lipinski definition) is 2. The summed E-state index contributed by atoms with van der Waals surface area (Å²) in [5.74, 6) is -0.825. The van der Waals surface area contributed by atoms with Gasteiger partial charge in [-0.3, -0.25) is 4.79 Å². The van der Waals surface area contributed by atoms with Gasteiger partial charge in [0.15, 0.2) is 0 Å². The van der Waals surface area contributed by atoms with Gasteiger partial charge >= 0.3 is 6.18 Å². The summed E-state index contributed by atoms with van der Waals surface area (Å²) in [4.78, 5) is 22.1. The number of nitrogens with one attached hydrogen (secondary N) is 2. The van der Waals surface area contributed by atoms with Gasteiger partial charge in [0.1, 0.15) is 18.9 Å². The first kappa shape index (κ1) is 14.4. The molecule has 0 spiro atoms. The Bertz CT molecular complexity index is 427. The van der Waals surface area contributed by atoms with Crippen LogP contribution in [0.4, 0.5) is 19.1 Å². The van der Waals surface area contributed by atoms with Crippen molar-refractivity contribution in [1.82, 2.24) is 20.3 Å². The number of anilines is 1. The molecule has 0 saturated carbocycles. The summed E-state index contributed by atoms with van der Waals surface area (Å²) < 4.78 is 35.6. The fourth-order valence-electron chi connectivity index (χ4n) is 0.945. The molecule has 6 nitrogen and oxygen atoms in total. The summed E-state index contributed by atoms with van der Waals surface area (Å²) in [6, 6.07) is -0.939. The van der Waals surface area contributed by atoms with Crippen molar-refractivity contribution in [2.24, 2.45) is 0 Å². The van der Waals surface area contributed by atoms with E-state index < -0.39 is 24.7 Å². The van der Waals surface area contributed by atoms with E-state index in [1.54, 1.807) is 5.32 Å². The van der Waals surface area contributed by atoms with Gasteiger partial charge in [0, 0.05) is 0 Å². The van der Waals surface area contributed by atoms with Crippen molar-refractivity contribution < 1.29 is 18.0 Å². The monoisotopic (exact) mass is 283 g/mol. The van der Waals surface area contributed by atoms with Crippen LogP contribution in [0, 0.1) is 0 Å². The van der Waals surface area contributed by atoms with Gasteiger partial charge in [-0.25, -0.2) is 9.97 Å². The molecule has 0 saturated heterocycles. The van der Waals surface area contributed by atoms with Gasteiger partial charge in [0.25, 0.3) is 0 Å². The van der Waals surface area contributed by atoms with Crippen molar-refractivity contribution in [1.29, 1.82) is 0 Å². The number of nitrogens with zero attached hydrogens (tertiary/aromatic N) is 3. The topological polar surface area (TPSA) is 79.8 Å². The molecule has 2 N–H and O–H groups in total. The smallest absolute Gasteiger partial charge is 0.345 e. The molecule has 0 fully saturated rings. The van der Waals surface area contributed by atoms with Crippen molar-refractivity contribution in [3.8, 4) is 0 Å². The normalized spacial score (nSPS) is 12.9. The number of carbonyl (C=O) groups excluding carboxylic acids is 1. The average molecular weight is 284 g/mol. The molecule has 0 unspecified atom stereocenters. The van der Waals surface area contributed by atoms with Gasteiger partial charge in [0.05, 0.1) is 0 Å². The maximum absolute atomic E-state index is 11.9. The third-order valence-electron chi connectivity index (χ3n) is 1.74. The van der Waals surface area contributed by atoms with Crippen LogP contribution in [0.2, 0.25) is 5.28 Å². The van der Waals surface area contributed by atoms with Crippen molar-refractivity contribution in [2.75, 3.05) is 11.9 Å². The summed E-state index contributed by atoms with van der Waals surface area (Å²) in [6.07, 6.45) is -3.34. The van der Waals surface area contributed by atoms with Crippen LogP contribution < -0.4 is 10.6 Å². The molecule has 0 aliphatic heterocycles. The Morgan fingerprint density at radius 3 is 2.72 bits per heavy atom. The van der Waals surface area contributed by atoms with E-state index >= 15 is 0 Å². The zero-order chi connectivity index (χ0) is 13.8.